The van der Waals surface area contributed by atoms with E-state index in [0.717, 1.165) is 52.0 Å². The van der Waals surface area contributed by atoms with E-state index in [4.69, 9.17) is 11.5 Å². The van der Waals surface area contributed by atoms with Gasteiger partial charge in [-0.15, -0.1) is 0 Å². The highest BCUT2D eigenvalue weighted by atomic mass is 15.1. The number of rotatable bonds is 17. The quantitative estimate of drug-likeness (QED) is 0.311. The molecule has 2 aromatic rings. The molecular formula is C29H46N4. The molecule has 0 heterocycles. The summed E-state index contributed by atoms with van der Waals surface area (Å²) in [7, 11) is 0. The summed E-state index contributed by atoms with van der Waals surface area (Å²) < 4.78 is 0. The Morgan fingerprint density at radius 3 is 1.88 bits per heavy atom. The molecule has 0 saturated heterocycles. The Hall–Kier alpha value is -2.14. The summed E-state index contributed by atoms with van der Waals surface area (Å²) in [6.45, 7) is 9.35. The fourth-order valence-corrected chi connectivity index (χ4v) is 3.89. The summed E-state index contributed by atoms with van der Waals surface area (Å²) in [6.07, 6.45) is 11.5. The zero-order valence-electron chi connectivity index (χ0n) is 20.9. The maximum absolute atomic E-state index is 6.01. The Labute approximate surface area is 202 Å². The third-order valence-electron chi connectivity index (χ3n) is 5.91. The van der Waals surface area contributed by atoms with E-state index in [1.807, 2.05) is 0 Å². The van der Waals surface area contributed by atoms with Crippen LogP contribution in [0.3, 0.4) is 0 Å². The van der Waals surface area contributed by atoms with E-state index >= 15 is 0 Å². The predicted molar refractivity (Wildman–Crippen MR) is 143 cm³/mol. The van der Waals surface area contributed by atoms with E-state index in [1.54, 1.807) is 0 Å². The zero-order chi connectivity index (χ0) is 23.7. The van der Waals surface area contributed by atoms with E-state index in [0.29, 0.717) is 0 Å². The van der Waals surface area contributed by atoms with Crippen LogP contribution in [0, 0.1) is 0 Å². The second-order valence-electron chi connectivity index (χ2n) is 9.48. The molecule has 0 aliphatic rings. The highest BCUT2D eigenvalue weighted by Gasteiger charge is 2.07. The van der Waals surface area contributed by atoms with Gasteiger partial charge < -0.3 is 16.4 Å². The average molecular weight is 451 g/mol. The molecule has 0 aromatic heterocycles. The number of hydrogen-bond acceptors (Lipinski definition) is 4. The van der Waals surface area contributed by atoms with E-state index in [9.17, 15) is 0 Å². The normalized spacial score (nSPS) is 13.5. The third-order valence-corrected chi connectivity index (χ3v) is 5.91. The lowest BCUT2D eigenvalue weighted by Gasteiger charge is -2.23. The maximum Gasteiger partial charge on any atom is 0.0423 e. The molecule has 0 spiro atoms. The molecule has 4 nitrogen and oxygen atoms in total. The number of hydrogen-bond donors (Lipinski definition) is 2. The van der Waals surface area contributed by atoms with Crippen molar-refractivity contribution < 1.29 is 0 Å². The number of unbranched alkanes of at least 4 members (excludes halogenated alkanes) is 3. The molecule has 0 amide bonds. The van der Waals surface area contributed by atoms with Gasteiger partial charge in [0.15, 0.2) is 0 Å². The van der Waals surface area contributed by atoms with Crippen molar-refractivity contribution in [3.05, 3.63) is 84.1 Å². The summed E-state index contributed by atoms with van der Waals surface area (Å²) in [5.74, 6) is 0. The lowest BCUT2D eigenvalue weighted by atomic mass is 10.1. The average Bonchev–Trinajstić information content (AvgIpc) is 2.81. The fourth-order valence-electron chi connectivity index (χ4n) is 3.89. The van der Waals surface area contributed by atoms with Crippen molar-refractivity contribution in [3.8, 4) is 0 Å². The summed E-state index contributed by atoms with van der Waals surface area (Å²) in [4.78, 5) is 4.96. The van der Waals surface area contributed by atoms with Crippen molar-refractivity contribution in [2.45, 2.75) is 77.5 Å². The molecule has 2 unspecified atom stereocenters. The van der Waals surface area contributed by atoms with Crippen molar-refractivity contribution in [2.24, 2.45) is 11.5 Å². The smallest absolute Gasteiger partial charge is 0.0423 e. The Morgan fingerprint density at radius 1 is 0.697 bits per heavy atom. The van der Waals surface area contributed by atoms with Crippen LogP contribution in [0.25, 0.3) is 0 Å². The number of nitrogens with two attached hydrogens (primary N) is 2. The summed E-state index contributed by atoms with van der Waals surface area (Å²) in [6, 6.07) is 21.9. The molecule has 4 heteroatoms. The van der Waals surface area contributed by atoms with Crippen LogP contribution in [0.1, 0.15) is 63.5 Å². The first-order valence-electron chi connectivity index (χ1n) is 12.7. The van der Waals surface area contributed by atoms with Crippen molar-refractivity contribution in [2.75, 3.05) is 19.6 Å². The lowest BCUT2D eigenvalue weighted by Crippen LogP contribution is -2.29. The largest absolute Gasteiger partial charge is 0.373 e. The van der Waals surface area contributed by atoms with E-state index in [1.165, 1.54) is 30.4 Å². The Morgan fingerprint density at radius 2 is 1.27 bits per heavy atom. The monoisotopic (exact) mass is 450 g/mol. The van der Waals surface area contributed by atoms with Gasteiger partial charge in [0.05, 0.1) is 0 Å². The molecule has 0 radical (unpaired) electrons. The highest BCUT2D eigenvalue weighted by Crippen LogP contribution is 2.11. The maximum atomic E-state index is 6.01. The Bertz CT molecular complexity index is 743. The summed E-state index contributed by atoms with van der Waals surface area (Å²) in [5, 5.41) is 0. The summed E-state index contributed by atoms with van der Waals surface area (Å²) in [5.41, 5.74) is 14.7. The highest BCUT2D eigenvalue weighted by molar-refractivity contribution is 5.15. The second-order valence-corrected chi connectivity index (χ2v) is 9.48. The van der Waals surface area contributed by atoms with Gasteiger partial charge in [0, 0.05) is 31.7 Å². The van der Waals surface area contributed by atoms with Gasteiger partial charge in [-0.25, -0.2) is 0 Å². The molecule has 4 N–H and O–H groups in total. The van der Waals surface area contributed by atoms with Crippen LogP contribution >= 0.6 is 0 Å². The molecule has 0 bridgehead atoms. The van der Waals surface area contributed by atoms with Gasteiger partial charge in [-0.1, -0.05) is 73.2 Å². The Balaban J connectivity index is 1.72. The fraction of sp³-hybridized carbons (Fsp3) is 0.517. The molecular weight excluding hydrogens is 404 g/mol. The summed E-state index contributed by atoms with van der Waals surface area (Å²) >= 11 is 0. The van der Waals surface area contributed by atoms with E-state index in [2.05, 4.69) is 96.6 Å². The minimum atomic E-state index is 0.234. The van der Waals surface area contributed by atoms with Crippen molar-refractivity contribution in [1.29, 1.82) is 0 Å². The van der Waals surface area contributed by atoms with Gasteiger partial charge in [0.25, 0.3) is 0 Å². The van der Waals surface area contributed by atoms with Crippen molar-refractivity contribution >= 4 is 0 Å². The Kier molecular flexibility index (Phi) is 13.5. The first-order chi connectivity index (χ1) is 16.0. The third kappa shape index (κ3) is 13.2. The van der Waals surface area contributed by atoms with Gasteiger partial charge >= 0.3 is 0 Å². The van der Waals surface area contributed by atoms with Gasteiger partial charge in [-0.3, -0.25) is 4.90 Å². The van der Waals surface area contributed by atoms with Crippen LogP contribution in [0.2, 0.25) is 0 Å². The van der Waals surface area contributed by atoms with Gasteiger partial charge in [-0.2, -0.15) is 0 Å². The molecule has 0 aliphatic carbocycles. The number of allylic oxidation sites excluding steroid dienone is 1. The predicted octanol–water partition coefficient (Wildman–Crippen LogP) is 5.54. The van der Waals surface area contributed by atoms with E-state index in [-0.39, 0.29) is 12.1 Å². The zero-order valence-corrected chi connectivity index (χ0v) is 20.9. The minimum absolute atomic E-state index is 0.234. The van der Waals surface area contributed by atoms with Crippen LogP contribution < -0.4 is 11.5 Å². The molecule has 2 atom stereocenters. The van der Waals surface area contributed by atoms with Crippen LogP contribution in [0.5, 0.6) is 0 Å². The van der Waals surface area contributed by atoms with E-state index < -0.39 is 0 Å². The first kappa shape index (κ1) is 27.1. The standard InChI is InChI=1S/C29H46N4/c1-26(30)18-22-32(24-28-14-8-6-9-15-28)20-12-4-3-5-13-21-33(23-19-27(2)31)25-29-16-10-7-11-17-29/h6-12,14-17,20,26-27H,3-5,13,18-19,21-25,30-31H2,1-2H3. The SMILES string of the molecule is CC(N)CCN(C=CCCCCCN(CCC(C)N)Cc1ccccc1)Cc1ccccc1. The number of nitrogens with zero attached hydrogens (tertiary/aromatic N) is 2. The molecule has 0 fully saturated rings. The first-order valence-corrected chi connectivity index (χ1v) is 12.7. The van der Waals surface area contributed by atoms with Crippen LogP contribution in [0.4, 0.5) is 0 Å². The molecule has 2 rings (SSSR count). The van der Waals surface area contributed by atoms with Gasteiger partial charge in [0.1, 0.15) is 0 Å². The molecule has 182 valence electrons. The molecule has 33 heavy (non-hydrogen) atoms. The van der Waals surface area contributed by atoms with Gasteiger partial charge in [0.2, 0.25) is 0 Å². The van der Waals surface area contributed by atoms with Crippen molar-refractivity contribution in [3.63, 3.8) is 0 Å². The number of benzene rings is 2. The lowest BCUT2D eigenvalue weighted by molar-refractivity contribution is 0.250. The van der Waals surface area contributed by atoms with Crippen LogP contribution in [-0.4, -0.2) is 41.5 Å². The molecule has 2 aromatic carbocycles. The van der Waals surface area contributed by atoms with Crippen LogP contribution in [0.15, 0.2) is 72.9 Å². The molecule has 0 saturated carbocycles. The topological polar surface area (TPSA) is 58.5 Å². The van der Waals surface area contributed by atoms with Crippen LogP contribution in [-0.2, 0) is 13.1 Å². The second kappa shape index (κ2) is 16.5. The van der Waals surface area contributed by atoms with Crippen molar-refractivity contribution in [1.82, 2.24) is 9.80 Å². The van der Waals surface area contributed by atoms with Gasteiger partial charge in [-0.05, 0) is 76.4 Å². The molecule has 0 aliphatic heterocycles. The minimum Gasteiger partial charge on any atom is -0.373 e.